The van der Waals surface area contributed by atoms with Gasteiger partial charge in [-0.3, -0.25) is 4.79 Å². The van der Waals surface area contributed by atoms with E-state index in [1.54, 1.807) is 18.2 Å². The number of nitrogens with zero attached hydrogens (tertiary/aromatic N) is 1. The Morgan fingerprint density at radius 3 is 2.35 bits per heavy atom. The molecule has 0 heterocycles. The number of rotatable bonds is 5. The zero-order chi connectivity index (χ0) is 12.8. The highest BCUT2D eigenvalue weighted by molar-refractivity contribution is 6.34. The molecule has 0 bridgehead atoms. The number of hydrogen-bond acceptors (Lipinski definition) is 2. The second-order valence-corrected chi connectivity index (χ2v) is 4.44. The molecule has 0 unspecified atom stereocenters. The van der Waals surface area contributed by atoms with Gasteiger partial charge in [0.15, 0.2) is 0 Å². The van der Waals surface area contributed by atoms with Gasteiger partial charge in [-0.25, -0.2) is 0 Å². The van der Waals surface area contributed by atoms with E-state index in [2.05, 4.69) is 13.8 Å². The summed E-state index contributed by atoms with van der Waals surface area (Å²) in [5, 5.41) is 0.423. The molecule has 1 aromatic carbocycles. The number of anilines is 1. The zero-order valence-corrected chi connectivity index (χ0v) is 11.1. The number of benzene rings is 1. The van der Waals surface area contributed by atoms with Crippen LogP contribution in [0.25, 0.3) is 0 Å². The van der Waals surface area contributed by atoms with Crippen LogP contribution in [0.4, 0.5) is 5.69 Å². The second-order valence-electron chi connectivity index (χ2n) is 4.03. The number of hydrogen-bond donors (Lipinski definition) is 1. The molecule has 0 aliphatic heterocycles. The Morgan fingerprint density at radius 1 is 1.29 bits per heavy atom. The van der Waals surface area contributed by atoms with Gasteiger partial charge in [-0.2, -0.15) is 0 Å². The molecule has 94 valence electrons. The summed E-state index contributed by atoms with van der Waals surface area (Å²) in [5.41, 5.74) is 6.72. The molecule has 0 saturated heterocycles. The van der Waals surface area contributed by atoms with Crippen molar-refractivity contribution in [2.45, 2.75) is 26.7 Å². The van der Waals surface area contributed by atoms with Crippen LogP contribution in [-0.4, -0.2) is 23.9 Å². The maximum atomic E-state index is 12.3. The fourth-order valence-corrected chi connectivity index (χ4v) is 2.00. The van der Waals surface area contributed by atoms with Crippen LogP contribution >= 0.6 is 11.6 Å². The van der Waals surface area contributed by atoms with Crippen LogP contribution in [0.15, 0.2) is 18.2 Å². The van der Waals surface area contributed by atoms with Gasteiger partial charge in [-0.05, 0) is 31.0 Å². The molecule has 3 nitrogen and oxygen atoms in total. The van der Waals surface area contributed by atoms with Crippen molar-refractivity contribution in [3.05, 3.63) is 28.8 Å². The Balaban J connectivity index is 2.92. The van der Waals surface area contributed by atoms with E-state index in [1.807, 2.05) is 4.90 Å². The van der Waals surface area contributed by atoms with Gasteiger partial charge >= 0.3 is 0 Å². The third-order valence-corrected chi connectivity index (χ3v) is 2.81. The lowest BCUT2D eigenvalue weighted by atomic mass is 10.1. The summed E-state index contributed by atoms with van der Waals surface area (Å²) < 4.78 is 0. The summed E-state index contributed by atoms with van der Waals surface area (Å²) >= 11 is 6.04. The summed E-state index contributed by atoms with van der Waals surface area (Å²) in [5.74, 6) is -0.0151. The normalized spacial score (nSPS) is 10.3. The van der Waals surface area contributed by atoms with Gasteiger partial charge in [-0.1, -0.05) is 25.4 Å². The van der Waals surface area contributed by atoms with E-state index in [0.717, 1.165) is 25.9 Å². The van der Waals surface area contributed by atoms with Gasteiger partial charge in [0, 0.05) is 18.8 Å². The van der Waals surface area contributed by atoms with E-state index in [4.69, 9.17) is 17.3 Å². The lowest BCUT2D eigenvalue weighted by molar-refractivity contribution is 0.0756. The van der Waals surface area contributed by atoms with E-state index >= 15 is 0 Å². The number of carbonyl (C=O) groups is 1. The minimum atomic E-state index is -0.0151. The van der Waals surface area contributed by atoms with Crippen molar-refractivity contribution in [3.63, 3.8) is 0 Å². The molecule has 2 N–H and O–H groups in total. The third kappa shape index (κ3) is 3.63. The Kier molecular flexibility index (Phi) is 5.29. The highest BCUT2D eigenvalue weighted by Crippen LogP contribution is 2.21. The van der Waals surface area contributed by atoms with Crippen molar-refractivity contribution in [2.75, 3.05) is 18.8 Å². The van der Waals surface area contributed by atoms with Crippen molar-refractivity contribution in [3.8, 4) is 0 Å². The number of halogens is 1. The first-order valence-corrected chi connectivity index (χ1v) is 6.32. The van der Waals surface area contributed by atoms with Crippen LogP contribution in [0.2, 0.25) is 5.02 Å². The summed E-state index contributed by atoms with van der Waals surface area (Å²) in [4.78, 5) is 14.1. The van der Waals surface area contributed by atoms with Crippen molar-refractivity contribution in [1.29, 1.82) is 0 Å². The molecule has 0 aliphatic carbocycles. The van der Waals surface area contributed by atoms with Gasteiger partial charge in [0.05, 0.1) is 10.6 Å². The van der Waals surface area contributed by atoms with Crippen molar-refractivity contribution >= 4 is 23.2 Å². The predicted molar refractivity (Wildman–Crippen MR) is 72.3 cm³/mol. The number of nitrogens with two attached hydrogens (primary N) is 1. The van der Waals surface area contributed by atoms with E-state index in [9.17, 15) is 4.79 Å². The van der Waals surface area contributed by atoms with Crippen LogP contribution in [0.5, 0.6) is 0 Å². The van der Waals surface area contributed by atoms with Crippen LogP contribution < -0.4 is 5.73 Å². The minimum absolute atomic E-state index is 0.0151. The Labute approximate surface area is 108 Å². The van der Waals surface area contributed by atoms with E-state index < -0.39 is 0 Å². The smallest absolute Gasteiger partial charge is 0.255 e. The molecule has 0 spiro atoms. The lowest BCUT2D eigenvalue weighted by Gasteiger charge is -2.22. The van der Waals surface area contributed by atoms with Crippen molar-refractivity contribution in [2.24, 2.45) is 0 Å². The van der Waals surface area contributed by atoms with E-state index in [1.165, 1.54) is 0 Å². The molecule has 1 rings (SSSR count). The van der Waals surface area contributed by atoms with E-state index in [0.29, 0.717) is 16.3 Å². The monoisotopic (exact) mass is 254 g/mol. The van der Waals surface area contributed by atoms with Crippen LogP contribution in [0.3, 0.4) is 0 Å². The molecule has 4 heteroatoms. The second kappa shape index (κ2) is 6.50. The fourth-order valence-electron chi connectivity index (χ4n) is 1.73. The van der Waals surface area contributed by atoms with Crippen molar-refractivity contribution < 1.29 is 4.79 Å². The summed E-state index contributed by atoms with van der Waals surface area (Å²) in [6.45, 7) is 5.63. The van der Waals surface area contributed by atoms with Gasteiger partial charge in [-0.15, -0.1) is 0 Å². The average Bonchev–Trinajstić information content (AvgIpc) is 2.28. The Bertz CT molecular complexity index is 387. The summed E-state index contributed by atoms with van der Waals surface area (Å²) in [6.07, 6.45) is 1.89. The van der Waals surface area contributed by atoms with Crippen LogP contribution in [0.1, 0.15) is 37.0 Å². The molecular formula is C13H19ClN2O. The van der Waals surface area contributed by atoms with Crippen molar-refractivity contribution in [1.82, 2.24) is 4.90 Å². The molecule has 0 fully saturated rings. The van der Waals surface area contributed by atoms with Crippen LogP contribution in [0, 0.1) is 0 Å². The fraction of sp³-hybridized carbons (Fsp3) is 0.462. The third-order valence-electron chi connectivity index (χ3n) is 2.50. The number of amides is 1. The molecular weight excluding hydrogens is 236 g/mol. The average molecular weight is 255 g/mol. The quantitative estimate of drug-likeness (QED) is 0.821. The first-order chi connectivity index (χ1) is 8.10. The molecule has 0 saturated carbocycles. The first-order valence-electron chi connectivity index (χ1n) is 5.94. The number of nitrogen functional groups attached to an aromatic ring is 1. The van der Waals surface area contributed by atoms with Gasteiger partial charge in [0.25, 0.3) is 5.91 Å². The summed E-state index contributed by atoms with van der Waals surface area (Å²) in [6, 6.07) is 5.01. The molecule has 0 aromatic heterocycles. The molecule has 0 atom stereocenters. The van der Waals surface area contributed by atoms with E-state index in [-0.39, 0.29) is 5.91 Å². The SMILES string of the molecule is CCCN(CCC)C(=O)c1ccc(N)cc1Cl. The molecule has 1 amide bonds. The molecule has 17 heavy (non-hydrogen) atoms. The topological polar surface area (TPSA) is 46.3 Å². The van der Waals surface area contributed by atoms with Crippen LogP contribution in [-0.2, 0) is 0 Å². The standard InChI is InChI=1S/C13H19ClN2O/c1-3-7-16(8-4-2)13(17)11-6-5-10(15)9-12(11)14/h5-6,9H,3-4,7-8,15H2,1-2H3. The minimum Gasteiger partial charge on any atom is -0.399 e. The van der Waals surface area contributed by atoms with Gasteiger partial charge in [0.2, 0.25) is 0 Å². The Hall–Kier alpha value is -1.22. The maximum Gasteiger partial charge on any atom is 0.255 e. The highest BCUT2D eigenvalue weighted by Gasteiger charge is 2.16. The summed E-state index contributed by atoms with van der Waals surface area (Å²) in [7, 11) is 0. The van der Waals surface area contributed by atoms with Gasteiger partial charge < -0.3 is 10.6 Å². The largest absolute Gasteiger partial charge is 0.399 e. The molecule has 0 aliphatic rings. The molecule has 1 aromatic rings. The lowest BCUT2D eigenvalue weighted by Crippen LogP contribution is -2.32. The number of carbonyl (C=O) groups excluding carboxylic acids is 1. The maximum absolute atomic E-state index is 12.3. The first kappa shape index (κ1) is 13.8. The highest BCUT2D eigenvalue weighted by atomic mass is 35.5. The zero-order valence-electron chi connectivity index (χ0n) is 10.4. The molecule has 0 radical (unpaired) electrons. The Morgan fingerprint density at radius 2 is 1.88 bits per heavy atom. The van der Waals surface area contributed by atoms with Gasteiger partial charge in [0.1, 0.15) is 0 Å². The predicted octanol–water partition coefficient (Wildman–Crippen LogP) is 3.18.